The highest BCUT2D eigenvalue weighted by Gasteiger charge is 2.25. The molecule has 2 aromatic rings. The lowest BCUT2D eigenvalue weighted by atomic mass is 9.98. The van der Waals surface area contributed by atoms with Crippen LogP contribution in [0.4, 0.5) is 0 Å². The summed E-state index contributed by atoms with van der Waals surface area (Å²) in [6.07, 6.45) is 0.735. The van der Waals surface area contributed by atoms with Gasteiger partial charge in [-0.25, -0.2) is 0 Å². The summed E-state index contributed by atoms with van der Waals surface area (Å²) in [5, 5.41) is 0. The van der Waals surface area contributed by atoms with Crippen LogP contribution in [0.1, 0.15) is 33.5 Å². The summed E-state index contributed by atoms with van der Waals surface area (Å²) in [5.41, 5.74) is 9.05. The van der Waals surface area contributed by atoms with Crippen molar-refractivity contribution < 1.29 is 9.59 Å². The number of likely N-dealkylation sites (N-methyl/N-ethyl adjacent to an activating group) is 1. The van der Waals surface area contributed by atoms with E-state index in [0.29, 0.717) is 12.0 Å². The number of rotatable bonds is 6. The van der Waals surface area contributed by atoms with Crippen molar-refractivity contribution in [2.75, 3.05) is 7.05 Å². The number of aryl methyl sites for hydroxylation is 2. The molecule has 2 rings (SSSR count). The number of hydrogen-bond acceptors (Lipinski definition) is 2. The lowest BCUT2D eigenvalue weighted by Gasteiger charge is -2.29. The maximum atomic E-state index is 13.0. The summed E-state index contributed by atoms with van der Waals surface area (Å²) in [6.45, 7) is 3.85. The third-order valence-corrected chi connectivity index (χ3v) is 4.31. The molecule has 1 unspecified atom stereocenters. The molecule has 1 atom stereocenters. The first-order chi connectivity index (χ1) is 11.4. The molecule has 24 heavy (non-hydrogen) atoms. The SMILES string of the molecule is Cc1cccc(C)c1C(=O)N(C)C(CC(N)=O)Cc1ccccc1. The largest absolute Gasteiger partial charge is 0.370 e. The summed E-state index contributed by atoms with van der Waals surface area (Å²) in [5.74, 6) is -0.482. The van der Waals surface area contributed by atoms with Gasteiger partial charge in [-0.3, -0.25) is 9.59 Å². The van der Waals surface area contributed by atoms with E-state index in [4.69, 9.17) is 5.73 Å². The molecule has 0 fully saturated rings. The van der Waals surface area contributed by atoms with Gasteiger partial charge in [-0.2, -0.15) is 0 Å². The van der Waals surface area contributed by atoms with E-state index in [1.54, 1.807) is 11.9 Å². The van der Waals surface area contributed by atoms with Crippen LogP contribution < -0.4 is 5.73 Å². The number of hydrogen-bond donors (Lipinski definition) is 1. The molecule has 0 heterocycles. The molecule has 0 saturated heterocycles. The fraction of sp³-hybridized carbons (Fsp3) is 0.300. The van der Waals surface area contributed by atoms with Crippen LogP contribution in [0.5, 0.6) is 0 Å². The van der Waals surface area contributed by atoms with E-state index in [1.807, 2.05) is 62.4 Å². The van der Waals surface area contributed by atoms with Crippen molar-refractivity contribution >= 4 is 11.8 Å². The summed E-state index contributed by atoms with van der Waals surface area (Å²) in [7, 11) is 1.74. The van der Waals surface area contributed by atoms with Crippen LogP contribution in [-0.2, 0) is 11.2 Å². The Labute approximate surface area is 143 Å². The first-order valence-electron chi connectivity index (χ1n) is 8.05. The fourth-order valence-electron chi connectivity index (χ4n) is 2.96. The van der Waals surface area contributed by atoms with E-state index in [1.165, 1.54) is 0 Å². The van der Waals surface area contributed by atoms with E-state index in [2.05, 4.69) is 0 Å². The van der Waals surface area contributed by atoms with Gasteiger partial charge in [-0.1, -0.05) is 48.5 Å². The number of carbonyl (C=O) groups excluding carboxylic acids is 2. The van der Waals surface area contributed by atoms with Crippen molar-refractivity contribution in [1.29, 1.82) is 0 Å². The Morgan fingerprint density at radius 1 is 1.00 bits per heavy atom. The molecule has 0 aliphatic carbocycles. The maximum absolute atomic E-state index is 13.0. The Balaban J connectivity index is 2.28. The Morgan fingerprint density at radius 2 is 1.58 bits per heavy atom. The summed E-state index contributed by atoms with van der Waals surface area (Å²) >= 11 is 0. The zero-order valence-electron chi connectivity index (χ0n) is 14.5. The molecule has 2 amide bonds. The van der Waals surface area contributed by atoms with Crippen LogP contribution in [0, 0.1) is 13.8 Å². The van der Waals surface area contributed by atoms with Gasteiger partial charge in [-0.15, -0.1) is 0 Å². The van der Waals surface area contributed by atoms with Crippen LogP contribution in [-0.4, -0.2) is 29.8 Å². The number of primary amides is 1. The van der Waals surface area contributed by atoms with E-state index in [-0.39, 0.29) is 18.4 Å². The highest BCUT2D eigenvalue weighted by Crippen LogP contribution is 2.19. The van der Waals surface area contributed by atoms with Crippen LogP contribution >= 0.6 is 0 Å². The van der Waals surface area contributed by atoms with Gasteiger partial charge in [0.15, 0.2) is 0 Å². The average Bonchev–Trinajstić information content (AvgIpc) is 2.53. The van der Waals surface area contributed by atoms with Gasteiger partial charge in [0.2, 0.25) is 5.91 Å². The molecule has 0 bridgehead atoms. The normalized spacial score (nSPS) is 11.8. The number of nitrogens with two attached hydrogens (primary N) is 1. The van der Waals surface area contributed by atoms with Gasteiger partial charge in [0, 0.05) is 25.1 Å². The molecular weight excluding hydrogens is 300 g/mol. The van der Waals surface area contributed by atoms with Crippen molar-refractivity contribution in [3.05, 3.63) is 70.8 Å². The third kappa shape index (κ3) is 4.22. The molecular formula is C20H24N2O2. The molecule has 0 saturated carbocycles. The number of amides is 2. The lowest BCUT2D eigenvalue weighted by Crippen LogP contribution is -2.41. The van der Waals surface area contributed by atoms with Gasteiger partial charge >= 0.3 is 0 Å². The zero-order chi connectivity index (χ0) is 17.7. The predicted octanol–water partition coefficient (Wildman–Crippen LogP) is 2.86. The Morgan fingerprint density at radius 3 is 2.12 bits per heavy atom. The number of nitrogens with zero attached hydrogens (tertiary/aromatic N) is 1. The van der Waals surface area contributed by atoms with E-state index >= 15 is 0 Å². The second-order valence-corrected chi connectivity index (χ2v) is 6.20. The van der Waals surface area contributed by atoms with E-state index in [9.17, 15) is 9.59 Å². The van der Waals surface area contributed by atoms with Gasteiger partial charge in [0.1, 0.15) is 0 Å². The van der Waals surface area contributed by atoms with Crippen molar-refractivity contribution in [3.8, 4) is 0 Å². The topological polar surface area (TPSA) is 63.4 Å². The Hall–Kier alpha value is -2.62. The average molecular weight is 324 g/mol. The van der Waals surface area contributed by atoms with Gasteiger partial charge in [0.25, 0.3) is 5.91 Å². The molecule has 126 valence electrons. The molecule has 2 N–H and O–H groups in total. The maximum Gasteiger partial charge on any atom is 0.254 e. The Kier molecular flexibility index (Phi) is 5.74. The fourth-order valence-corrected chi connectivity index (χ4v) is 2.96. The smallest absolute Gasteiger partial charge is 0.254 e. The minimum atomic E-state index is -0.405. The number of carbonyl (C=O) groups is 2. The van der Waals surface area contributed by atoms with E-state index < -0.39 is 5.91 Å². The standard InChI is InChI=1S/C20H24N2O2/c1-14-8-7-9-15(2)19(14)20(24)22(3)17(13-18(21)23)12-16-10-5-4-6-11-16/h4-11,17H,12-13H2,1-3H3,(H2,21,23). The summed E-state index contributed by atoms with van der Waals surface area (Å²) in [4.78, 5) is 26.1. The Bertz CT molecular complexity index is 705. The quantitative estimate of drug-likeness (QED) is 0.888. The second-order valence-electron chi connectivity index (χ2n) is 6.20. The van der Waals surface area contributed by atoms with Crippen LogP contribution in [0.3, 0.4) is 0 Å². The monoisotopic (exact) mass is 324 g/mol. The van der Waals surface area contributed by atoms with Gasteiger partial charge in [-0.05, 0) is 37.0 Å². The molecule has 0 spiro atoms. The predicted molar refractivity (Wildman–Crippen MR) is 95.8 cm³/mol. The molecule has 0 aliphatic heterocycles. The first kappa shape index (κ1) is 17.7. The minimum Gasteiger partial charge on any atom is -0.370 e. The van der Waals surface area contributed by atoms with Gasteiger partial charge < -0.3 is 10.6 Å². The zero-order valence-corrected chi connectivity index (χ0v) is 14.5. The summed E-state index contributed by atoms with van der Waals surface area (Å²) < 4.78 is 0. The molecule has 0 radical (unpaired) electrons. The van der Waals surface area contributed by atoms with E-state index in [0.717, 1.165) is 16.7 Å². The van der Waals surface area contributed by atoms with Crippen LogP contribution in [0.15, 0.2) is 48.5 Å². The second kappa shape index (κ2) is 7.77. The van der Waals surface area contributed by atoms with Gasteiger partial charge in [0.05, 0.1) is 0 Å². The van der Waals surface area contributed by atoms with Crippen LogP contribution in [0.2, 0.25) is 0 Å². The number of benzene rings is 2. The molecule has 2 aromatic carbocycles. The first-order valence-corrected chi connectivity index (χ1v) is 8.05. The lowest BCUT2D eigenvalue weighted by molar-refractivity contribution is -0.118. The van der Waals surface area contributed by atoms with Crippen molar-refractivity contribution in [1.82, 2.24) is 4.90 Å². The molecule has 0 aliphatic rings. The molecule has 4 heteroatoms. The van der Waals surface area contributed by atoms with Crippen molar-refractivity contribution in [2.24, 2.45) is 5.73 Å². The van der Waals surface area contributed by atoms with Crippen molar-refractivity contribution in [3.63, 3.8) is 0 Å². The molecule has 4 nitrogen and oxygen atoms in total. The van der Waals surface area contributed by atoms with Crippen molar-refractivity contribution in [2.45, 2.75) is 32.7 Å². The summed E-state index contributed by atoms with van der Waals surface area (Å²) in [6, 6.07) is 15.3. The molecule has 0 aromatic heterocycles. The third-order valence-electron chi connectivity index (χ3n) is 4.31. The highest BCUT2D eigenvalue weighted by atomic mass is 16.2. The minimum absolute atomic E-state index is 0.0761. The van der Waals surface area contributed by atoms with Crippen LogP contribution in [0.25, 0.3) is 0 Å². The highest BCUT2D eigenvalue weighted by molar-refractivity contribution is 5.97.